The van der Waals surface area contributed by atoms with Crippen LogP contribution in [0.4, 0.5) is 5.69 Å². The molecule has 1 aliphatic rings. The van der Waals surface area contributed by atoms with Crippen molar-refractivity contribution in [1.82, 2.24) is 10.2 Å². The van der Waals surface area contributed by atoms with Gasteiger partial charge in [0.15, 0.2) is 0 Å². The van der Waals surface area contributed by atoms with Crippen molar-refractivity contribution in [2.24, 2.45) is 5.92 Å². The number of carbonyl (C=O) groups excluding carboxylic acids is 1. The Labute approximate surface area is 158 Å². The standard InChI is InChI=1S/C20H25N3O4/c1-14-11-17(15(2)27-14)13-22-9-7-16(8-10-22)12-21-20(24)18-5-3-4-6-19(18)23(25)26/h3-6,11,16H,7-10,12-13H2,1-2H3,(H,21,24). The molecule has 0 atom stereocenters. The molecular formula is C20H25N3O4. The summed E-state index contributed by atoms with van der Waals surface area (Å²) >= 11 is 0. The zero-order chi connectivity index (χ0) is 19.4. The first-order valence-corrected chi connectivity index (χ1v) is 9.24. The van der Waals surface area contributed by atoms with E-state index in [4.69, 9.17) is 4.42 Å². The summed E-state index contributed by atoms with van der Waals surface area (Å²) in [6.45, 7) is 7.32. The van der Waals surface area contributed by atoms with Crippen molar-refractivity contribution in [2.45, 2.75) is 33.2 Å². The number of nitro benzene ring substituents is 1. The van der Waals surface area contributed by atoms with Gasteiger partial charge in [0.25, 0.3) is 11.6 Å². The molecule has 0 aliphatic carbocycles. The van der Waals surface area contributed by atoms with Crippen LogP contribution in [0.5, 0.6) is 0 Å². The molecule has 27 heavy (non-hydrogen) atoms. The lowest BCUT2D eigenvalue weighted by molar-refractivity contribution is -0.385. The zero-order valence-electron chi connectivity index (χ0n) is 15.7. The van der Waals surface area contributed by atoms with Gasteiger partial charge >= 0.3 is 0 Å². The molecule has 0 saturated carbocycles. The molecule has 1 fully saturated rings. The minimum absolute atomic E-state index is 0.116. The highest BCUT2D eigenvalue weighted by molar-refractivity contribution is 5.98. The van der Waals surface area contributed by atoms with Crippen LogP contribution in [0.1, 0.15) is 40.3 Å². The number of nitro groups is 1. The highest BCUT2D eigenvalue weighted by Crippen LogP contribution is 2.22. The molecule has 3 rings (SSSR count). The van der Waals surface area contributed by atoms with Crippen LogP contribution < -0.4 is 5.32 Å². The summed E-state index contributed by atoms with van der Waals surface area (Å²) < 4.78 is 5.59. The third-order valence-corrected chi connectivity index (χ3v) is 5.14. The average Bonchev–Trinajstić information content (AvgIpc) is 2.97. The largest absolute Gasteiger partial charge is 0.466 e. The number of nitrogens with zero attached hydrogens (tertiary/aromatic N) is 2. The number of carbonyl (C=O) groups is 1. The number of hydrogen-bond donors (Lipinski definition) is 1. The Morgan fingerprint density at radius 3 is 2.63 bits per heavy atom. The molecule has 1 aliphatic heterocycles. The van der Waals surface area contributed by atoms with E-state index >= 15 is 0 Å². The Morgan fingerprint density at radius 2 is 2.00 bits per heavy atom. The number of rotatable bonds is 6. The quantitative estimate of drug-likeness (QED) is 0.621. The highest BCUT2D eigenvalue weighted by atomic mass is 16.6. The monoisotopic (exact) mass is 371 g/mol. The van der Waals surface area contributed by atoms with Gasteiger partial charge < -0.3 is 9.73 Å². The van der Waals surface area contributed by atoms with E-state index in [2.05, 4.69) is 16.3 Å². The molecule has 1 saturated heterocycles. The molecule has 1 aromatic heterocycles. The van der Waals surface area contributed by atoms with Gasteiger partial charge in [-0.1, -0.05) is 12.1 Å². The lowest BCUT2D eigenvalue weighted by Crippen LogP contribution is -2.38. The Morgan fingerprint density at radius 1 is 1.30 bits per heavy atom. The van der Waals surface area contributed by atoms with Crippen LogP contribution in [0, 0.1) is 29.9 Å². The summed E-state index contributed by atoms with van der Waals surface area (Å²) in [5, 5.41) is 13.9. The van der Waals surface area contributed by atoms with E-state index in [0.717, 1.165) is 44.0 Å². The van der Waals surface area contributed by atoms with Gasteiger partial charge in [0.2, 0.25) is 0 Å². The van der Waals surface area contributed by atoms with Gasteiger partial charge in [-0.05, 0) is 57.8 Å². The average molecular weight is 371 g/mol. The Bertz CT molecular complexity index is 822. The van der Waals surface area contributed by atoms with Crippen molar-refractivity contribution >= 4 is 11.6 Å². The number of amides is 1. The van der Waals surface area contributed by atoms with Crippen LogP contribution in [0.3, 0.4) is 0 Å². The molecule has 2 aromatic rings. The fraction of sp³-hybridized carbons (Fsp3) is 0.450. The van der Waals surface area contributed by atoms with Crippen LogP contribution in [0.2, 0.25) is 0 Å². The van der Waals surface area contributed by atoms with Gasteiger partial charge in [-0.15, -0.1) is 0 Å². The predicted octanol–water partition coefficient (Wildman–Crippen LogP) is 3.45. The normalized spacial score (nSPS) is 15.6. The number of hydrogen-bond acceptors (Lipinski definition) is 5. The number of para-hydroxylation sites is 1. The van der Waals surface area contributed by atoms with Crippen molar-refractivity contribution in [1.29, 1.82) is 0 Å². The zero-order valence-corrected chi connectivity index (χ0v) is 15.7. The van der Waals surface area contributed by atoms with Gasteiger partial charge in [0, 0.05) is 24.7 Å². The molecule has 144 valence electrons. The number of furan rings is 1. The summed E-state index contributed by atoms with van der Waals surface area (Å²) in [7, 11) is 0. The molecular weight excluding hydrogens is 346 g/mol. The second-order valence-corrected chi connectivity index (χ2v) is 7.14. The molecule has 0 bridgehead atoms. The van der Waals surface area contributed by atoms with Crippen LogP contribution in [0.25, 0.3) is 0 Å². The van der Waals surface area contributed by atoms with E-state index in [1.165, 1.54) is 17.7 Å². The predicted molar refractivity (Wildman–Crippen MR) is 102 cm³/mol. The second-order valence-electron chi connectivity index (χ2n) is 7.14. The molecule has 7 nitrogen and oxygen atoms in total. The lowest BCUT2D eigenvalue weighted by Gasteiger charge is -2.31. The summed E-state index contributed by atoms with van der Waals surface area (Å²) in [6.07, 6.45) is 1.99. The number of piperidine rings is 1. The maximum atomic E-state index is 12.3. The summed E-state index contributed by atoms with van der Waals surface area (Å²) in [5.74, 6) is 1.93. The minimum atomic E-state index is -0.521. The molecule has 1 amide bonds. The smallest absolute Gasteiger partial charge is 0.282 e. The number of benzene rings is 1. The van der Waals surface area contributed by atoms with E-state index in [0.29, 0.717) is 12.5 Å². The number of nitrogens with one attached hydrogen (secondary N) is 1. The number of likely N-dealkylation sites (tertiary alicyclic amines) is 1. The Balaban J connectivity index is 1.48. The number of aryl methyl sites for hydroxylation is 2. The first kappa shape index (κ1) is 19.1. The van der Waals surface area contributed by atoms with Gasteiger partial charge in [0.05, 0.1) is 4.92 Å². The fourth-order valence-corrected chi connectivity index (χ4v) is 3.59. The van der Waals surface area contributed by atoms with E-state index in [1.807, 2.05) is 13.8 Å². The van der Waals surface area contributed by atoms with Gasteiger partial charge in [0.1, 0.15) is 17.1 Å². The van der Waals surface area contributed by atoms with Crippen LogP contribution in [-0.2, 0) is 6.54 Å². The summed E-state index contributed by atoms with van der Waals surface area (Å²) in [6, 6.07) is 8.14. The van der Waals surface area contributed by atoms with E-state index in [9.17, 15) is 14.9 Å². The second kappa shape index (κ2) is 8.35. The maximum absolute atomic E-state index is 12.3. The summed E-state index contributed by atoms with van der Waals surface area (Å²) in [4.78, 5) is 25.3. The Hall–Kier alpha value is -2.67. The molecule has 0 spiro atoms. The van der Waals surface area contributed by atoms with Crippen molar-refractivity contribution in [3.05, 3.63) is 63.1 Å². The van der Waals surface area contributed by atoms with E-state index in [-0.39, 0.29) is 17.2 Å². The first-order valence-electron chi connectivity index (χ1n) is 9.24. The minimum Gasteiger partial charge on any atom is -0.466 e. The first-order chi connectivity index (χ1) is 12.9. The van der Waals surface area contributed by atoms with Crippen molar-refractivity contribution in [2.75, 3.05) is 19.6 Å². The fourth-order valence-electron chi connectivity index (χ4n) is 3.59. The maximum Gasteiger partial charge on any atom is 0.282 e. The Kier molecular flexibility index (Phi) is 5.91. The third-order valence-electron chi connectivity index (χ3n) is 5.14. The SMILES string of the molecule is Cc1cc(CN2CCC(CNC(=O)c3ccccc3[N+](=O)[O-])CC2)c(C)o1. The van der Waals surface area contributed by atoms with Gasteiger partial charge in [-0.2, -0.15) is 0 Å². The molecule has 7 heteroatoms. The van der Waals surface area contributed by atoms with Crippen molar-refractivity contribution in [3.63, 3.8) is 0 Å². The van der Waals surface area contributed by atoms with Crippen LogP contribution in [-0.4, -0.2) is 35.4 Å². The van der Waals surface area contributed by atoms with Gasteiger partial charge in [-0.25, -0.2) is 0 Å². The molecule has 2 heterocycles. The molecule has 1 aromatic carbocycles. The topological polar surface area (TPSA) is 88.6 Å². The van der Waals surface area contributed by atoms with Crippen LogP contribution >= 0.6 is 0 Å². The summed E-state index contributed by atoms with van der Waals surface area (Å²) in [5.41, 5.74) is 1.19. The van der Waals surface area contributed by atoms with E-state index < -0.39 is 4.92 Å². The van der Waals surface area contributed by atoms with Crippen molar-refractivity contribution in [3.8, 4) is 0 Å². The molecule has 0 radical (unpaired) electrons. The lowest BCUT2D eigenvalue weighted by atomic mass is 9.96. The van der Waals surface area contributed by atoms with Gasteiger partial charge in [-0.3, -0.25) is 19.8 Å². The van der Waals surface area contributed by atoms with Crippen molar-refractivity contribution < 1.29 is 14.1 Å². The molecule has 0 unspecified atom stereocenters. The highest BCUT2D eigenvalue weighted by Gasteiger charge is 2.23. The molecule has 1 N–H and O–H groups in total. The third kappa shape index (κ3) is 4.74. The van der Waals surface area contributed by atoms with Crippen LogP contribution in [0.15, 0.2) is 34.7 Å². The van der Waals surface area contributed by atoms with E-state index in [1.54, 1.807) is 12.1 Å².